The zero-order valence-corrected chi connectivity index (χ0v) is 7.41. The minimum atomic E-state index is 0.441. The lowest BCUT2D eigenvalue weighted by Gasteiger charge is -1.85. The number of nitrogens with one attached hydrogen (secondary N) is 1. The number of aromatic nitrogens is 2. The van der Waals surface area contributed by atoms with Crippen molar-refractivity contribution in [2.24, 2.45) is 5.29 Å². The lowest BCUT2D eigenvalue weighted by Crippen LogP contribution is -1.83. The Hall–Kier alpha value is -0.690. The molecule has 0 fully saturated rings. The summed E-state index contributed by atoms with van der Waals surface area (Å²) in [6, 6.07) is 0. The van der Waals surface area contributed by atoms with Crippen molar-refractivity contribution in [2.45, 2.75) is 12.1 Å². The van der Waals surface area contributed by atoms with Crippen LogP contribution < -0.4 is 5.43 Å². The first-order valence-electron chi connectivity index (χ1n) is 2.91. The lowest BCUT2D eigenvalue weighted by atomic mass is 11.0. The van der Waals surface area contributed by atoms with Gasteiger partial charge in [-0.1, -0.05) is 18.7 Å². The molecule has 1 heterocycles. The fourth-order valence-corrected chi connectivity index (χ4v) is 1.69. The van der Waals surface area contributed by atoms with E-state index >= 15 is 0 Å². The van der Waals surface area contributed by atoms with Crippen LogP contribution in [0.15, 0.2) is 10.4 Å². The van der Waals surface area contributed by atoms with Crippen LogP contribution in [-0.4, -0.2) is 15.1 Å². The van der Waals surface area contributed by atoms with E-state index in [-0.39, 0.29) is 0 Å². The third-order valence-corrected chi connectivity index (χ3v) is 2.29. The minimum Gasteiger partial charge on any atom is -0.214 e. The molecule has 0 aromatic carbocycles. The van der Waals surface area contributed by atoms with Crippen LogP contribution in [0.25, 0.3) is 0 Å². The molecular weight excluding hydrogens is 184 g/mol. The fraction of sp³-hybridized carbons (Fsp3) is 0.500. The zero-order chi connectivity index (χ0) is 8.10. The van der Waals surface area contributed by atoms with E-state index in [0.29, 0.717) is 10.3 Å². The summed E-state index contributed by atoms with van der Waals surface area (Å²) in [6.07, 6.45) is 0. The Bertz CT molecular complexity index is 238. The molecule has 1 aromatic heterocycles. The molecule has 0 amide bonds. The number of hydrogen-bond donors (Lipinski definition) is 1. The zero-order valence-electron chi connectivity index (χ0n) is 5.77. The third kappa shape index (κ3) is 2.43. The van der Waals surface area contributed by atoms with Crippen LogP contribution in [0, 0.1) is 4.91 Å². The summed E-state index contributed by atoms with van der Waals surface area (Å²) in [6.45, 7) is 2.01. The van der Waals surface area contributed by atoms with Gasteiger partial charge in [0.25, 0.3) is 0 Å². The predicted molar refractivity (Wildman–Crippen MR) is 45.7 cm³/mol. The van der Waals surface area contributed by atoms with Crippen LogP contribution in [0.4, 0.5) is 5.13 Å². The second-order valence-electron chi connectivity index (χ2n) is 1.52. The van der Waals surface area contributed by atoms with Crippen molar-refractivity contribution in [1.29, 1.82) is 0 Å². The fourth-order valence-electron chi connectivity index (χ4n) is 0.482. The Morgan fingerprint density at radius 2 is 2.64 bits per heavy atom. The third-order valence-electron chi connectivity index (χ3n) is 0.822. The monoisotopic (exact) mass is 190 g/mol. The maximum Gasteiger partial charge on any atom is 0.226 e. The van der Waals surface area contributed by atoms with E-state index in [0.717, 1.165) is 17.3 Å². The SMILES string of the molecule is CCSc1nsc(NN=O)n1. The van der Waals surface area contributed by atoms with Crippen LogP contribution in [0.5, 0.6) is 0 Å². The van der Waals surface area contributed by atoms with Crippen LogP contribution in [0.1, 0.15) is 6.92 Å². The molecule has 1 N–H and O–H groups in total. The predicted octanol–water partition coefficient (Wildman–Crippen LogP) is 1.74. The first-order valence-corrected chi connectivity index (χ1v) is 4.67. The van der Waals surface area contributed by atoms with Gasteiger partial charge in [-0.25, -0.2) is 5.43 Å². The first-order chi connectivity index (χ1) is 5.36. The highest BCUT2D eigenvalue weighted by atomic mass is 32.2. The van der Waals surface area contributed by atoms with Crippen molar-refractivity contribution in [3.05, 3.63) is 4.91 Å². The van der Waals surface area contributed by atoms with Crippen LogP contribution in [0.3, 0.4) is 0 Å². The first kappa shape index (κ1) is 8.41. The molecule has 0 saturated carbocycles. The van der Waals surface area contributed by atoms with Crippen molar-refractivity contribution in [3.8, 4) is 0 Å². The molecule has 60 valence electrons. The highest BCUT2D eigenvalue weighted by Gasteiger charge is 2.01. The molecule has 0 aliphatic rings. The molecule has 0 bridgehead atoms. The standard InChI is InChI=1S/C4H6N4OS2/c1-2-10-4-5-3(6-8-9)11-7-4/h2H2,1H3,(H,5,6,7,9). The topological polar surface area (TPSA) is 67.2 Å². The van der Waals surface area contributed by atoms with Gasteiger partial charge in [0, 0.05) is 11.5 Å². The number of rotatable bonds is 4. The van der Waals surface area contributed by atoms with E-state index in [4.69, 9.17) is 0 Å². The molecule has 5 nitrogen and oxygen atoms in total. The van der Waals surface area contributed by atoms with E-state index in [9.17, 15) is 4.91 Å². The molecule has 0 spiro atoms. The Balaban J connectivity index is 2.57. The number of hydrogen-bond acceptors (Lipinski definition) is 6. The van der Waals surface area contributed by atoms with Crippen molar-refractivity contribution >= 4 is 28.4 Å². The molecule has 1 aromatic rings. The lowest BCUT2D eigenvalue weighted by molar-refractivity contribution is 1.07. The Kier molecular flexibility index (Phi) is 3.24. The largest absolute Gasteiger partial charge is 0.226 e. The van der Waals surface area contributed by atoms with Gasteiger partial charge in [0.1, 0.15) is 0 Å². The average Bonchev–Trinajstić information content (AvgIpc) is 2.38. The summed E-state index contributed by atoms with van der Waals surface area (Å²) in [7, 11) is 0. The van der Waals surface area contributed by atoms with E-state index in [1.54, 1.807) is 0 Å². The van der Waals surface area contributed by atoms with Gasteiger partial charge in [-0.2, -0.15) is 9.36 Å². The molecule has 0 radical (unpaired) electrons. The van der Waals surface area contributed by atoms with Gasteiger partial charge in [0.05, 0.1) is 5.29 Å². The average molecular weight is 190 g/mol. The highest BCUT2D eigenvalue weighted by Crippen LogP contribution is 2.19. The maximum atomic E-state index is 9.71. The van der Waals surface area contributed by atoms with Gasteiger partial charge in [-0.05, 0) is 5.75 Å². The summed E-state index contributed by atoms with van der Waals surface area (Å²) in [5.41, 5.74) is 2.19. The molecule has 11 heavy (non-hydrogen) atoms. The molecule has 7 heteroatoms. The van der Waals surface area contributed by atoms with Crippen LogP contribution in [-0.2, 0) is 0 Å². The molecule has 0 aliphatic carbocycles. The van der Waals surface area contributed by atoms with Crippen molar-refractivity contribution < 1.29 is 0 Å². The van der Waals surface area contributed by atoms with Gasteiger partial charge in [-0.3, -0.25) is 0 Å². The minimum absolute atomic E-state index is 0.441. The highest BCUT2D eigenvalue weighted by molar-refractivity contribution is 7.99. The number of nitrogens with zero attached hydrogens (tertiary/aromatic N) is 3. The number of nitroso groups, excluding NO2 is 1. The molecule has 0 unspecified atom stereocenters. The number of thioether (sulfide) groups is 1. The molecule has 1 rings (SSSR count). The van der Waals surface area contributed by atoms with E-state index < -0.39 is 0 Å². The van der Waals surface area contributed by atoms with Gasteiger partial charge in [0.15, 0.2) is 0 Å². The quantitative estimate of drug-likeness (QED) is 0.445. The summed E-state index contributed by atoms with van der Waals surface area (Å²) in [4.78, 5) is 13.7. The van der Waals surface area contributed by atoms with Crippen LogP contribution in [0.2, 0.25) is 0 Å². The normalized spacial score (nSPS) is 9.55. The Labute approximate surface area is 71.7 Å². The molecule has 0 atom stereocenters. The Morgan fingerprint density at radius 1 is 1.82 bits per heavy atom. The smallest absolute Gasteiger partial charge is 0.214 e. The maximum absolute atomic E-state index is 9.71. The summed E-state index contributed by atoms with van der Waals surface area (Å²) in [5, 5.41) is 3.60. The van der Waals surface area contributed by atoms with Gasteiger partial charge in [-0.15, -0.1) is 4.91 Å². The molecule has 0 aliphatic heterocycles. The van der Waals surface area contributed by atoms with Crippen LogP contribution >= 0.6 is 23.3 Å². The van der Waals surface area contributed by atoms with Crippen molar-refractivity contribution in [1.82, 2.24) is 9.36 Å². The van der Waals surface area contributed by atoms with E-state index in [1.165, 1.54) is 11.8 Å². The number of anilines is 1. The van der Waals surface area contributed by atoms with Gasteiger partial charge < -0.3 is 0 Å². The van der Waals surface area contributed by atoms with Crippen molar-refractivity contribution in [3.63, 3.8) is 0 Å². The van der Waals surface area contributed by atoms with E-state index in [1.807, 2.05) is 6.92 Å². The van der Waals surface area contributed by atoms with Crippen molar-refractivity contribution in [2.75, 3.05) is 11.2 Å². The molecular formula is C4H6N4OS2. The van der Waals surface area contributed by atoms with Gasteiger partial charge in [0.2, 0.25) is 10.3 Å². The summed E-state index contributed by atoms with van der Waals surface area (Å²) in [5.74, 6) is 0.921. The second-order valence-corrected chi connectivity index (χ2v) is 3.50. The summed E-state index contributed by atoms with van der Waals surface area (Å²) >= 11 is 2.65. The Morgan fingerprint density at radius 3 is 3.27 bits per heavy atom. The summed E-state index contributed by atoms with van der Waals surface area (Å²) < 4.78 is 3.96. The van der Waals surface area contributed by atoms with Gasteiger partial charge >= 0.3 is 0 Å². The molecule has 0 saturated heterocycles. The van der Waals surface area contributed by atoms with E-state index in [2.05, 4.69) is 20.1 Å². The second kappa shape index (κ2) is 4.24.